The van der Waals surface area contributed by atoms with Crippen molar-refractivity contribution in [3.63, 3.8) is 0 Å². The zero-order valence-electron chi connectivity index (χ0n) is 24.1. The molecule has 0 saturated carbocycles. The van der Waals surface area contributed by atoms with Crippen molar-refractivity contribution in [1.82, 2.24) is 15.5 Å². The summed E-state index contributed by atoms with van der Waals surface area (Å²) < 4.78 is 5.46. The van der Waals surface area contributed by atoms with E-state index in [0.29, 0.717) is 18.6 Å². The van der Waals surface area contributed by atoms with E-state index in [1.54, 1.807) is 37.4 Å². The lowest BCUT2D eigenvalue weighted by molar-refractivity contribution is -0.150. The monoisotopic (exact) mass is 521 g/mol. The first-order valence-electron chi connectivity index (χ1n) is 12.6. The van der Waals surface area contributed by atoms with Gasteiger partial charge in [0, 0.05) is 11.1 Å². The van der Waals surface area contributed by atoms with Crippen LogP contribution >= 0.6 is 11.8 Å². The highest BCUT2D eigenvalue weighted by atomic mass is 32.2. The Kier molecular flexibility index (Phi) is 11.3. The van der Waals surface area contributed by atoms with E-state index in [2.05, 4.69) is 10.6 Å². The lowest BCUT2D eigenvalue weighted by atomic mass is 9.89. The van der Waals surface area contributed by atoms with E-state index in [0.717, 1.165) is 11.1 Å². The van der Waals surface area contributed by atoms with Gasteiger partial charge in [0.1, 0.15) is 17.7 Å². The first kappa shape index (κ1) is 31.8. The van der Waals surface area contributed by atoms with Crippen molar-refractivity contribution in [3.05, 3.63) is 35.4 Å². The highest BCUT2D eigenvalue weighted by Gasteiger charge is 2.44. The minimum Gasteiger partial charge on any atom is -0.444 e. The molecule has 1 rings (SSSR count). The number of carbonyl (C=O) groups excluding carboxylic acids is 3. The van der Waals surface area contributed by atoms with Crippen LogP contribution in [0.15, 0.2) is 24.3 Å². The molecule has 0 saturated heterocycles. The molecule has 0 fully saturated rings. The molecule has 0 heterocycles. The van der Waals surface area contributed by atoms with Crippen LogP contribution < -0.4 is 10.6 Å². The van der Waals surface area contributed by atoms with E-state index in [9.17, 15) is 14.4 Å². The van der Waals surface area contributed by atoms with Crippen LogP contribution in [0.5, 0.6) is 0 Å². The van der Waals surface area contributed by atoms with E-state index < -0.39 is 34.9 Å². The number of ether oxygens (including phenoxy) is 1. The van der Waals surface area contributed by atoms with Crippen LogP contribution in [0.4, 0.5) is 4.79 Å². The van der Waals surface area contributed by atoms with Gasteiger partial charge in [0.15, 0.2) is 0 Å². The van der Waals surface area contributed by atoms with Crippen molar-refractivity contribution >= 4 is 29.7 Å². The average Bonchev–Trinajstić information content (AvgIpc) is 2.72. The lowest BCUT2D eigenvalue weighted by Gasteiger charge is -2.45. The van der Waals surface area contributed by atoms with Gasteiger partial charge in [-0.15, -0.1) is 0 Å². The second kappa shape index (κ2) is 12.8. The second-order valence-electron chi connectivity index (χ2n) is 11.9. The molecule has 0 spiro atoms. The SMILES string of the molecule is CCC(C)(C)N(C(=O)C(CCSC)NC(=O)OC(C)(C)C)C(C(=O)NC(C)(C)C)c1ccccc1C. The molecule has 3 amide bonds. The van der Waals surface area contributed by atoms with E-state index in [1.807, 2.05) is 79.0 Å². The maximum absolute atomic E-state index is 14.3. The number of amides is 3. The van der Waals surface area contributed by atoms with E-state index in [1.165, 1.54) is 0 Å². The number of nitrogens with zero attached hydrogens (tertiary/aromatic N) is 1. The fourth-order valence-corrected chi connectivity index (χ4v) is 4.26. The van der Waals surface area contributed by atoms with Gasteiger partial charge in [-0.2, -0.15) is 11.8 Å². The Morgan fingerprint density at radius 3 is 2.08 bits per heavy atom. The Hall–Kier alpha value is -2.22. The lowest BCUT2D eigenvalue weighted by Crippen LogP contribution is -2.60. The summed E-state index contributed by atoms with van der Waals surface area (Å²) in [6.45, 7) is 19.0. The standard InChI is InChI=1S/C28H47N3O4S/c1-12-28(9,10)31(24(33)21(17-18-36-11)29-25(34)35-27(6,7)8)22(23(32)30-26(3,4)5)20-16-14-13-15-19(20)2/h13-16,21-22H,12,17-18H2,1-11H3,(H,29,34)(H,30,32). The fraction of sp³-hybridized carbons (Fsp3) is 0.679. The van der Waals surface area contributed by atoms with Crippen LogP contribution in [0.3, 0.4) is 0 Å². The zero-order chi connectivity index (χ0) is 27.9. The van der Waals surface area contributed by atoms with Gasteiger partial charge in [-0.1, -0.05) is 31.2 Å². The summed E-state index contributed by atoms with van der Waals surface area (Å²) in [5.74, 6) is 0.0992. The summed E-state index contributed by atoms with van der Waals surface area (Å²) in [4.78, 5) is 42.5. The number of carbonyl (C=O) groups is 3. The summed E-state index contributed by atoms with van der Waals surface area (Å²) >= 11 is 1.59. The summed E-state index contributed by atoms with van der Waals surface area (Å²) in [6, 6.07) is 5.92. The molecule has 1 aromatic carbocycles. The van der Waals surface area contributed by atoms with Crippen molar-refractivity contribution in [3.8, 4) is 0 Å². The second-order valence-corrected chi connectivity index (χ2v) is 12.8. The van der Waals surface area contributed by atoms with Gasteiger partial charge < -0.3 is 20.3 Å². The number of benzene rings is 1. The minimum absolute atomic E-state index is 0.257. The fourth-order valence-electron chi connectivity index (χ4n) is 3.79. The van der Waals surface area contributed by atoms with Crippen molar-refractivity contribution < 1.29 is 19.1 Å². The molecule has 1 aromatic rings. The molecule has 0 aliphatic rings. The highest BCUT2D eigenvalue weighted by Crippen LogP contribution is 2.34. The average molecular weight is 522 g/mol. The van der Waals surface area contributed by atoms with Crippen LogP contribution in [-0.2, 0) is 14.3 Å². The Bertz CT molecular complexity index is 903. The third-order valence-electron chi connectivity index (χ3n) is 5.84. The number of nitrogens with one attached hydrogen (secondary N) is 2. The van der Waals surface area contributed by atoms with E-state index >= 15 is 0 Å². The molecule has 2 N–H and O–H groups in total. The molecule has 36 heavy (non-hydrogen) atoms. The van der Waals surface area contributed by atoms with E-state index in [-0.39, 0.29) is 11.8 Å². The highest BCUT2D eigenvalue weighted by molar-refractivity contribution is 7.98. The smallest absolute Gasteiger partial charge is 0.408 e. The summed E-state index contributed by atoms with van der Waals surface area (Å²) in [6.07, 6.45) is 2.33. The molecule has 8 heteroatoms. The quantitative estimate of drug-likeness (QED) is 0.418. The minimum atomic E-state index is -0.870. The topological polar surface area (TPSA) is 87.7 Å². The van der Waals surface area contributed by atoms with Crippen molar-refractivity contribution in [2.75, 3.05) is 12.0 Å². The van der Waals surface area contributed by atoms with Crippen LogP contribution in [0.1, 0.15) is 92.3 Å². The predicted molar refractivity (Wildman–Crippen MR) is 149 cm³/mol. The predicted octanol–water partition coefficient (Wildman–Crippen LogP) is 5.61. The third-order valence-corrected chi connectivity index (χ3v) is 6.49. The van der Waals surface area contributed by atoms with Crippen LogP contribution in [-0.4, -0.2) is 57.5 Å². The molecular formula is C28H47N3O4S. The Balaban J connectivity index is 3.66. The van der Waals surface area contributed by atoms with Crippen molar-refractivity contribution in [2.24, 2.45) is 0 Å². The van der Waals surface area contributed by atoms with Gasteiger partial charge >= 0.3 is 6.09 Å². The van der Waals surface area contributed by atoms with Gasteiger partial charge in [-0.3, -0.25) is 9.59 Å². The molecule has 2 unspecified atom stereocenters. The van der Waals surface area contributed by atoms with Crippen molar-refractivity contribution in [1.29, 1.82) is 0 Å². The summed E-state index contributed by atoms with van der Waals surface area (Å²) in [5, 5.41) is 5.88. The number of aryl methyl sites for hydroxylation is 1. The zero-order valence-corrected chi connectivity index (χ0v) is 24.9. The molecular weight excluding hydrogens is 474 g/mol. The third kappa shape index (κ3) is 9.68. The molecule has 0 radical (unpaired) electrons. The summed E-state index contributed by atoms with van der Waals surface area (Å²) in [5.41, 5.74) is -0.189. The Morgan fingerprint density at radius 2 is 1.61 bits per heavy atom. The van der Waals surface area contributed by atoms with Crippen LogP contribution in [0, 0.1) is 6.92 Å². The van der Waals surface area contributed by atoms with Gasteiger partial charge in [0.25, 0.3) is 0 Å². The number of alkyl carbamates (subject to hydrolysis) is 1. The normalized spacial score (nSPS) is 14.0. The Labute approximate surface area is 222 Å². The molecule has 7 nitrogen and oxygen atoms in total. The molecule has 0 aromatic heterocycles. The largest absolute Gasteiger partial charge is 0.444 e. The maximum atomic E-state index is 14.3. The number of hydrogen-bond donors (Lipinski definition) is 2. The number of thioether (sulfide) groups is 1. The molecule has 0 bridgehead atoms. The molecule has 204 valence electrons. The van der Waals surface area contributed by atoms with E-state index in [4.69, 9.17) is 4.74 Å². The van der Waals surface area contributed by atoms with Crippen LogP contribution in [0.25, 0.3) is 0 Å². The Morgan fingerprint density at radius 1 is 1.03 bits per heavy atom. The number of hydrogen-bond acceptors (Lipinski definition) is 5. The van der Waals surface area contributed by atoms with Gasteiger partial charge in [0.05, 0.1) is 0 Å². The van der Waals surface area contributed by atoms with Gasteiger partial charge in [-0.05, 0) is 98.3 Å². The first-order valence-corrected chi connectivity index (χ1v) is 14.0. The number of rotatable bonds is 10. The first-order chi connectivity index (χ1) is 16.4. The molecule has 0 aliphatic carbocycles. The van der Waals surface area contributed by atoms with Gasteiger partial charge in [-0.25, -0.2) is 4.79 Å². The molecule has 0 aliphatic heterocycles. The van der Waals surface area contributed by atoms with Gasteiger partial charge in [0.2, 0.25) is 11.8 Å². The molecule has 2 atom stereocenters. The van der Waals surface area contributed by atoms with Crippen molar-refractivity contribution in [2.45, 2.75) is 111 Å². The maximum Gasteiger partial charge on any atom is 0.408 e. The summed E-state index contributed by atoms with van der Waals surface area (Å²) in [7, 11) is 0. The van der Waals surface area contributed by atoms with Crippen LogP contribution in [0.2, 0.25) is 0 Å².